The standard InChI is InChI=1S/C11H16N2O/c1-2-4-13-5-3-11-9(8-13)6-10(14)7-12-11/h6-7,14H,2-5,8H2,1H3. The van der Waals surface area contributed by atoms with Crippen molar-refractivity contribution in [3.05, 3.63) is 23.5 Å². The Morgan fingerprint density at radius 3 is 3.21 bits per heavy atom. The van der Waals surface area contributed by atoms with Crippen LogP contribution in [0.2, 0.25) is 0 Å². The molecule has 3 heteroatoms. The lowest BCUT2D eigenvalue weighted by Crippen LogP contribution is -2.31. The molecule has 2 heterocycles. The minimum atomic E-state index is 0.280. The van der Waals surface area contributed by atoms with Crippen molar-refractivity contribution >= 4 is 0 Å². The second-order valence-corrected chi connectivity index (χ2v) is 3.83. The average molecular weight is 192 g/mol. The van der Waals surface area contributed by atoms with Crippen LogP contribution in [0.15, 0.2) is 12.3 Å². The van der Waals surface area contributed by atoms with Gasteiger partial charge in [0.15, 0.2) is 0 Å². The van der Waals surface area contributed by atoms with Gasteiger partial charge in [-0.2, -0.15) is 0 Å². The van der Waals surface area contributed by atoms with E-state index < -0.39 is 0 Å². The summed E-state index contributed by atoms with van der Waals surface area (Å²) in [4.78, 5) is 6.64. The molecule has 0 aliphatic carbocycles. The number of nitrogens with zero attached hydrogens (tertiary/aromatic N) is 2. The third kappa shape index (κ3) is 1.87. The minimum Gasteiger partial charge on any atom is -0.506 e. The van der Waals surface area contributed by atoms with Gasteiger partial charge in [0.2, 0.25) is 0 Å². The van der Waals surface area contributed by atoms with Crippen molar-refractivity contribution in [2.75, 3.05) is 13.1 Å². The molecule has 0 bridgehead atoms. The lowest BCUT2D eigenvalue weighted by Gasteiger charge is -2.27. The summed E-state index contributed by atoms with van der Waals surface area (Å²) in [5.74, 6) is 0.280. The van der Waals surface area contributed by atoms with Crippen molar-refractivity contribution in [1.82, 2.24) is 9.88 Å². The molecule has 0 atom stereocenters. The summed E-state index contributed by atoms with van der Waals surface area (Å²) in [7, 11) is 0. The lowest BCUT2D eigenvalue weighted by molar-refractivity contribution is 0.252. The van der Waals surface area contributed by atoms with E-state index in [0.29, 0.717) is 0 Å². The Morgan fingerprint density at radius 2 is 2.43 bits per heavy atom. The van der Waals surface area contributed by atoms with Gasteiger partial charge in [-0.3, -0.25) is 9.88 Å². The summed E-state index contributed by atoms with van der Waals surface area (Å²) in [5, 5.41) is 9.32. The van der Waals surface area contributed by atoms with Crippen molar-refractivity contribution in [3.8, 4) is 5.75 Å². The van der Waals surface area contributed by atoms with Gasteiger partial charge in [-0.15, -0.1) is 0 Å². The van der Waals surface area contributed by atoms with Gasteiger partial charge < -0.3 is 5.11 Å². The molecule has 1 aromatic heterocycles. The Kier molecular flexibility index (Phi) is 2.68. The highest BCUT2D eigenvalue weighted by Gasteiger charge is 2.16. The van der Waals surface area contributed by atoms with Crippen LogP contribution in [-0.2, 0) is 13.0 Å². The van der Waals surface area contributed by atoms with Gasteiger partial charge in [-0.1, -0.05) is 6.92 Å². The Morgan fingerprint density at radius 1 is 1.57 bits per heavy atom. The topological polar surface area (TPSA) is 36.4 Å². The molecule has 1 aromatic rings. The van der Waals surface area contributed by atoms with Crippen molar-refractivity contribution in [3.63, 3.8) is 0 Å². The zero-order chi connectivity index (χ0) is 9.97. The van der Waals surface area contributed by atoms with Crippen molar-refractivity contribution in [2.24, 2.45) is 0 Å². The molecule has 0 saturated carbocycles. The van der Waals surface area contributed by atoms with Crippen LogP contribution in [0.4, 0.5) is 0 Å². The highest BCUT2D eigenvalue weighted by molar-refractivity contribution is 5.29. The Bertz CT molecular complexity index is 325. The molecule has 0 radical (unpaired) electrons. The molecule has 1 aliphatic rings. The first-order valence-corrected chi connectivity index (χ1v) is 5.18. The second kappa shape index (κ2) is 3.96. The zero-order valence-electron chi connectivity index (χ0n) is 8.53. The van der Waals surface area contributed by atoms with E-state index in [-0.39, 0.29) is 5.75 Å². The number of aromatic nitrogens is 1. The first-order valence-electron chi connectivity index (χ1n) is 5.18. The highest BCUT2D eigenvalue weighted by Crippen LogP contribution is 2.20. The molecular formula is C11H16N2O. The van der Waals surface area contributed by atoms with Crippen LogP contribution >= 0.6 is 0 Å². The van der Waals surface area contributed by atoms with Gasteiger partial charge in [-0.05, 0) is 24.6 Å². The van der Waals surface area contributed by atoms with E-state index >= 15 is 0 Å². The molecule has 0 aromatic carbocycles. The van der Waals surface area contributed by atoms with Crippen LogP contribution in [0.3, 0.4) is 0 Å². The van der Waals surface area contributed by atoms with E-state index in [9.17, 15) is 5.11 Å². The van der Waals surface area contributed by atoms with Gasteiger partial charge in [-0.25, -0.2) is 0 Å². The summed E-state index contributed by atoms with van der Waals surface area (Å²) < 4.78 is 0. The predicted molar refractivity (Wildman–Crippen MR) is 55.2 cm³/mol. The third-order valence-corrected chi connectivity index (χ3v) is 2.64. The van der Waals surface area contributed by atoms with E-state index in [2.05, 4.69) is 16.8 Å². The number of fused-ring (bicyclic) bond motifs is 1. The van der Waals surface area contributed by atoms with E-state index in [0.717, 1.165) is 31.7 Å². The molecule has 1 N–H and O–H groups in total. The molecule has 3 nitrogen and oxygen atoms in total. The number of aromatic hydroxyl groups is 1. The van der Waals surface area contributed by atoms with Crippen LogP contribution < -0.4 is 0 Å². The third-order valence-electron chi connectivity index (χ3n) is 2.64. The minimum absolute atomic E-state index is 0.280. The summed E-state index contributed by atoms with van der Waals surface area (Å²) in [6, 6.07) is 1.84. The van der Waals surface area contributed by atoms with Crippen LogP contribution in [0.1, 0.15) is 24.6 Å². The van der Waals surface area contributed by atoms with E-state index in [4.69, 9.17) is 0 Å². The number of hydrogen-bond acceptors (Lipinski definition) is 3. The number of pyridine rings is 1. The van der Waals surface area contributed by atoms with E-state index in [1.807, 2.05) is 6.07 Å². The smallest absolute Gasteiger partial charge is 0.134 e. The molecule has 2 rings (SSSR count). The Labute approximate surface area is 84.4 Å². The molecule has 14 heavy (non-hydrogen) atoms. The fraction of sp³-hybridized carbons (Fsp3) is 0.545. The van der Waals surface area contributed by atoms with Crippen LogP contribution in [0, 0.1) is 0 Å². The van der Waals surface area contributed by atoms with Gasteiger partial charge in [0.25, 0.3) is 0 Å². The van der Waals surface area contributed by atoms with Gasteiger partial charge in [0, 0.05) is 25.2 Å². The first kappa shape index (κ1) is 9.46. The fourth-order valence-electron chi connectivity index (χ4n) is 1.98. The largest absolute Gasteiger partial charge is 0.506 e. The molecule has 1 aliphatic heterocycles. The normalized spacial score (nSPS) is 16.6. The predicted octanol–water partition coefficient (Wildman–Crippen LogP) is 1.56. The van der Waals surface area contributed by atoms with Crippen molar-refractivity contribution < 1.29 is 5.11 Å². The number of hydrogen-bond donors (Lipinski definition) is 1. The van der Waals surface area contributed by atoms with Gasteiger partial charge in [0.05, 0.1) is 6.20 Å². The SMILES string of the molecule is CCCN1CCc2ncc(O)cc2C1. The van der Waals surface area contributed by atoms with Gasteiger partial charge in [0.1, 0.15) is 5.75 Å². The molecule has 0 fully saturated rings. The Hall–Kier alpha value is -1.09. The van der Waals surface area contributed by atoms with Gasteiger partial charge >= 0.3 is 0 Å². The Balaban J connectivity index is 2.16. The van der Waals surface area contributed by atoms with Crippen LogP contribution in [0.5, 0.6) is 5.75 Å². The first-order chi connectivity index (χ1) is 6.79. The summed E-state index contributed by atoms with van der Waals surface area (Å²) in [6.07, 6.45) is 3.73. The number of rotatable bonds is 2. The summed E-state index contributed by atoms with van der Waals surface area (Å²) >= 11 is 0. The molecule has 0 amide bonds. The quantitative estimate of drug-likeness (QED) is 0.772. The second-order valence-electron chi connectivity index (χ2n) is 3.83. The summed E-state index contributed by atoms with van der Waals surface area (Å²) in [5.41, 5.74) is 2.33. The van der Waals surface area contributed by atoms with Crippen LogP contribution in [-0.4, -0.2) is 28.1 Å². The van der Waals surface area contributed by atoms with E-state index in [1.165, 1.54) is 18.2 Å². The fourth-order valence-corrected chi connectivity index (χ4v) is 1.98. The molecule has 76 valence electrons. The summed E-state index contributed by atoms with van der Waals surface area (Å²) in [6.45, 7) is 5.36. The lowest BCUT2D eigenvalue weighted by atomic mass is 10.1. The maximum atomic E-state index is 9.32. The van der Waals surface area contributed by atoms with Crippen LogP contribution in [0.25, 0.3) is 0 Å². The highest BCUT2D eigenvalue weighted by atomic mass is 16.3. The molecular weight excluding hydrogens is 176 g/mol. The molecule has 0 saturated heterocycles. The average Bonchev–Trinajstić information content (AvgIpc) is 2.17. The van der Waals surface area contributed by atoms with E-state index in [1.54, 1.807) is 0 Å². The molecule has 0 unspecified atom stereocenters. The molecule has 0 spiro atoms. The maximum absolute atomic E-state index is 9.32. The van der Waals surface area contributed by atoms with Crippen molar-refractivity contribution in [1.29, 1.82) is 0 Å². The zero-order valence-corrected chi connectivity index (χ0v) is 8.53. The van der Waals surface area contributed by atoms with Crippen molar-refractivity contribution in [2.45, 2.75) is 26.3 Å². The maximum Gasteiger partial charge on any atom is 0.134 e. The monoisotopic (exact) mass is 192 g/mol.